The molecule has 0 aliphatic carbocycles. The van der Waals surface area contributed by atoms with Crippen molar-refractivity contribution >= 4 is 23.2 Å². The molecule has 2 unspecified atom stereocenters. The third kappa shape index (κ3) is 3.49. The minimum absolute atomic E-state index is 0.0779. The van der Waals surface area contributed by atoms with E-state index in [1.54, 1.807) is 4.90 Å². The summed E-state index contributed by atoms with van der Waals surface area (Å²) in [5.41, 5.74) is 0.0354. The van der Waals surface area contributed by atoms with Crippen LogP contribution < -0.4 is 0 Å². The minimum atomic E-state index is -0.602. The van der Waals surface area contributed by atoms with Gasteiger partial charge in [0, 0.05) is 24.7 Å². The molecule has 1 aromatic rings. The van der Waals surface area contributed by atoms with E-state index in [1.165, 1.54) is 18.2 Å². The molecule has 0 radical (unpaired) electrons. The number of morpholine rings is 1. The van der Waals surface area contributed by atoms with Crippen molar-refractivity contribution in [2.75, 3.05) is 19.7 Å². The van der Waals surface area contributed by atoms with Gasteiger partial charge in [-0.15, -0.1) is 0 Å². The molecule has 1 heterocycles. The van der Waals surface area contributed by atoms with Crippen LogP contribution in [0, 0.1) is 10.1 Å². The van der Waals surface area contributed by atoms with Crippen LogP contribution >= 0.6 is 11.6 Å². The normalized spacial score (nSPS) is 22.1. The van der Waals surface area contributed by atoms with E-state index in [2.05, 4.69) is 0 Å². The topological polar surface area (TPSA) is 92.9 Å². The van der Waals surface area contributed by atoms with Gasteiger partial charge in [0.25, 0.3) is 11.6 Å². The number of nitro groups is 1. The molecule has 1 fully saturated rings. The number of aliphatic hydroxyl groups is 1. The van der Waals surface area contributed by atoms with Crippen molar-refractivity contribution < 1.29 is 19.6 Å². The summed E-state index contributed by atoms with van der Waals surface area (Å²) in [5, 5.41) is 19.8. The van der Waals surface area contributed by atoms with E-state index in [0.717, 1.165) is 0 Å². The minimum Gasteiger partial charge on any atom is -0.394 e. The molecule has 1 aliphatic heterocycles. The Balaban J connectivity index is 2.19. The van der Waals surface area contributed by atoms with Crippen LogP contribution in [0.1, 0.15) is 17.3 Å². The number of halogens is 1. The fourth-order valence-electron chi connectivity index (χ4n) is 2.28. The first-order valence-corrected chi connectivity index (χ1v) is 6.79. The van der Waals surface area contributed by atoms with E-state index in [0.29, 0.717) is 6.54 Å². The Morgan fingerprint density at radius 3 is 2.86 bits per heavy atom. The summed E-state index contributed by atoms with van der Waals surface area (Å²) in [4.78, 5) is 24.1. The molecular formula is C13H15ClN2O5. The summed E-state index contributed by atoms with van der Waals surface area (Å²) in [6.45, 7) is 2.30. The van der Waals surface area contributed by atoms with Crippen molar-refractivity contribution in [1.82, 2.24) is 4.90 Å². The Bertz CT molecular complexity index is 565. The molecule has 0 spiro atoms. The van der Waals surface area contributed by atoms with E-state index in [-0.39, 0.29) is 41.4 Å². The maximum absolute atomic E-state index is 12.4. The largest absolute Gasteiger partial charge is 0.394 e. The average Bonchev–Trinajstić information content (AvgIpc) is 2.45. The van der Waals surface area contributed by atoms with Gasteiger partial charge in [-0.05, 0) is 19.1 Å². The van der Waals surface area contributed by atoms with Crippen molar-refractivity contribution in [3.63, 3.8) is 0 Å². The van der Waals surface area contributed by atoms with E-state index >= 15 is 0 Å². The van der Waals surface area contributed by atoms with Crippen molar-refractivity contribution in [3.8, 4) is 0 Å². The Morgan fingerprint density at radius 1 is 1.57 bits per heavy atom. The van der Waals surface area contributed by atoms with Gasteiger partial charge in [-0.2, -0.15) is 0 Å². The fourth-order valence-corrected chi connectivity index (χ4v) is 2.53. The van der Waals surface area contributed by atoms with Crippen LogP contribution in [0.5, 0.6) is 0 Å². The number of hydrogen-bond donors (Lipinski definition) is 1. The Morgan fingerprint density at radius 2 is 2.29 bits per heavy atom. The molecular weight excluding hydrogens is 300 g/mol. The summed E-state index contributed by atoms with van der Waals surface area (Å²) in [6, 6.07) is 3.87. The maximum atomic E-state index is 12.4. The van der Waals surface area contributed by atoms with E-state index in [9.17, 15) is 14.9 Å². The Hall–Kier alpha value is -1.70. The zero-order chi connectivity index (χ0) is 15.6. The van der Waals surface area contributed by atoms with Crippen LogP contribution in [0.3, 0.4) is 0 Å². The summed E-state index contributed by atoms with van der Waals surface area (Å²) >= 11 is 5.81. The third-order valence-electron chi connectivity index (χ3n) is 3.21. The van der Waals surface area contributed by atoms with E-state index in [4.69, 9.17) is 21.4 Å². The molecule has 7 nitrogen and oxygen atoms in total. The SMILES string of the molecule is CC1CN(C(=O)c2ccc([N+](=O)[O-])c(Cl)c2)CC(CO)O1. The van der Waals surface area contributed by atoms with Gasteiger partial charge < -0.3 is 14.7 Å². The monoisotopic (exact) mass is 314 g/mol. The second-order valence-corrected chi connectivity index (χ2v) is 5.29. The molecule has 1 aliphatic rings. The number of ether oxygens (including phenoxy) is 1. The average molecular weight is 315 g/mol. The first-order valence-electron chi connectivity index (χ1n) is 6.42. The molecule has 1 N–H and O–H groups in total. The number of aliphatic hydroxyl groups excluding tert-OH is 1. The molecule has 114 valence electrons. The highest BCUT2D eigenvalue weighted by Crippen LogP contribution is 2.26. The standard InChI is InChI=1S/C13H15ClN2O5/c1-8-5-15(6-10(7-17)21-8)13(18)9-2-3-12(16(19)20)11(14)4-9/h2-4,8,10,17H,5-7H2,1H3. The number of amides is 1. The molecule has 1 amide bonds. The van der Waals surface area contributed by atoms with Crippen LogP contribution in [-0.4, -0.2) is 52.7 Å². The van der Waals surface area contributed by atoms with Crippen LogP contribution in [0.2, 0.25) is 5.02 Å². The van der Waals surface area contributed by atoms with Crippen LogP contribution in [-0.2, 0) is 4.74 Å². The van der Waals surface area contributed by atoms with Crippen LogP contribution in [0.25, 0.3) is 0 Å². The smallest absolute Gasteiger partial charge is 0.287 e. The summed E-state index contributed by atoms with van der Waals surface area (Å²) in [7, 11) is 0. The van der Waals surface area contributed by atoms with Crippen molar-refractivity contribution in [3.05, 3.63) is 38.9 Å². The highest BCUT2D eigenvalue weighted by molar-refractivity contribution is 6.33. The second kappa shape index (κ2) is 6.38. The highest BCUT2D eigenvalue weighted by Gasteiger charge is 2.29. The van der Waals surface area contributed by atoms with Gasteiger partial charge in [-0.3, -0.25) is 14.9 Å². The molecule has 21 heavy (non-hydrogen) atoms. The zero-order valence-corrected chi connectivity index (χ0v) is 12.1. The Labute approximate surface area is 126 Å². The van der Waals surface area contributed by atoms with Gasteiger partial charge >= 0.3 is 0 Å². The van der Waals surface area contributed by atoms with Gasteiger partial charge in [0.15, 0.2) is 0 Å². The van der Waals surface area contributed by atoms with Crippen molar-refractivity contribution in [2.45, 2.75) is 19.1 Å². The number of nitro benzene ring substituents is 1. The molecule has 2 rings (SSSR count). The third-order valence-corrected chi connectivity index (χ3v) is 3.51. The molecule has 0 saturated carbocycles. The summed E-state index contributed by atoms with van der Waals surface area (Å²) in [6.07, 6.45) is -0.611. The highest BCUT2D eigenvalue weighted by atomic mass is 35.5. The predicted octanol–water partition coefficient (Wildman–Crippen LogP) is 1.47. The Kier molecular flexibility index (Phi) is 4.76. The first kappa shape index (κ1) is 15.7. The number of carbonyl (C=O) groups is 1. The van der Waals surface area contributed by atoms with Gasteiger partial charge in [-0.25, -0.2) is 0 Å². The zero-order valence-electron chi connectivity index (χ0n) is 11.4. The van der Waals surface area contributed by atoms with Crippen LogP contribution in [0.4, 0.5) is 5.69 Å². The predicted molar refractivity (Wildman–Crippen MR) is 75.4 cm³/mol. The van der Waals surface area contributed by atoms with Gasteiger partial charge in [0.2, 0.25) is 0 Å². The molecule has 0 aromatic heterocycles. The quantitative estimate of drug-likeness (QED) is 0.673. The van der Waals surface area contributed by atoms with E-state index in [1.807, 2.05) is 6.92 Å². The lowest BCUT2D eigenvalue weighted by molar-refractivity contribution is -0.384. The molecule has 0 bridgehead atoms. The maximum Gasteiger partial charge on any atom is 0.287 e. The lowest BCUT2D eigenvalue weighted by Gasteiger charge is -2.36. The second-order valence-electron chi connectivity index (χ2n) is 4.88. The van der Waals surface area contributed by atoms with Gasteiger partial charge in [-0.1, -0.05) is 11.6 Å². The van der Waals surface area contributed by atoms with Crippen molar-refractivity contribution in [1.29, 1.82) is 0 Å². The first-order chi connectivity index (χ1) is 9.92. The number of rotatable bonds is 3. The molecule has 8 heteroatoms. The van der Waals surface area contributed by atoms with Crippen LogP contribution in [0.15, 0.2) is 18.2 Å². The summed E-state index contributed by atoms with van der Waals surface area (Å²) in [5.74, 6) is -0.291. The lowest BCUT2D eigenvalue weighted by Crippen LogP contribution is -2.50. The van der Waals surface area contributed by atoms with Crippen molar-refractivity contribution in [2.24, 2.45) is 0 Å². The number of hydrogen-bond acceptors (Lipinski definition) is 5. The number of carbonyl (C=O) groups excluding carboxylic acids is 1. The van der Waals surface area contributed by atoms with E-state index < -0.39 is 11.0 Å². The fraction of sp³-hybridized carbons (Fsp3) is 0.462. The summed E-state index contributed by atoms with van der Waals surface area (Å²) < 4.78 is 5.47. The number of nitrogens with zero attached hydrogens (tertiary/aromatic N) is 2. The molecule has 1 saturated heterocycles. The molecule has 2 atom stereocenters. The van der Waals surface area contributed by atoms with Gasteiger partial charge in [0.1, 0.15) is 5.02 Å². The van der Waals surface area contributed by atoms with Gasteiger partial charge in [0.05, 0.1) is 23.7 Å². The molecule has 1 aromatic carbocycles. The lowest BCUT2D eigenvalue weighted by atomic mass is 10.1. The number of benzene rings is 1.